The van der Waals surface area contributed by atoms with Gasteiger partial charge in [-0.25, -0.2) is 4.98 Å². The molecule has 0 aliphatic heterocycles. The second kappa shape index (κ2) is 11.9. The number of nitriles is 1. The second-order valence-corrected chi connectivity index (χ2v) is 13.0. The lowest BCUT2D eigenvalue weighted by molar-refractivity contribution is 1.22. The fraction of sp³-hybridized carbons (Fsp3) is 0. The first-order chi connectivity index (χ1) is 25.7. The number of anilines is 6. The Bertz CT molecular complexity index is 2970. The van der Waals surface area contributed by atoms with Crippen LogP contribution < -0.4 is 9.80 Å². The van der Waals surface area contributed by atoms with Crippen LogP contribution in [0, 0.1) is 11.3 Å². The Morgan fingerprint density at radius 2 is 0.942 bits per heavy atom. The number of aromatic nitrogens is 2. The predicted molar refractivity (Wildman–Crippen MR) is 215 cm³/mol. The zero-order chi connectivity index (χ0) is 34.6. The summed E-state index contributed by atoms with van der Waals surface area (Å²) in [5, 5.41) is 18.7. The van der Waals surface area contributed by atoms with Crippen LogP contribution in [0.25, 0.3) is 54.1 Å². The quantitative estimate of drug-likeness (QED) is 0.166. The number of para-hydroxylation sites is 2. The maximum Gasteiger partial charge on any atom is 0.138 e. The second-order valence-electron chi connectivity index (χ2n) is 13.0. The first kappa shape index (κ1) is 29.6. The lowest BCUT2D eigenvalue weighted by Gasteiger charge is -2.29. The van der Waals surface area contributed by atoms with Gasteiger partial charge >= 0.3 is 0 Å². The molecule has 52 heavy (non-hydrogen) atoms. The molecule has 2 heterocycles. The first-order valence-corrected chi connectivity index (χ1v) is 17.3. The monoisotopic (exact) mass is 663 g/mol. The van der Waals surface area contributed by atoms with Gasteiger partial charge in [0.1, 0.15) is 5.82 Å². The summed E-state index contributed by atoms with van der Waals surface area (Å²) in [5.41, 5.74) is 7.57. The van der Waals surface area contributed by atoms with Crippen molar-refractivity contribution in [3.63, 3.8) is 0 Å². The molecule has 0 atom stereocenters. The van der Waals surface area contributed by atoms with Gasteiger partial charge in [-0.05, 0) is 100 Å². The number of fused-ring (bicyclic) bond motifs is 3. The maximum absolute atomic E-state index is 9.52. The van der Waals surface area contributed by atoms with Crippen LogP contribution in [0.5, 0.6) is 0 Å². The number of nitrogens with zero attached hydrogens (tertiary/aromatic N) is 5. The van der Waals surface area contributed by atoms with E-state index in [1.165, 1.54) is 21.5 Å². The Hall–Kier alpha value is -7.29. The van der Waals surface area contributed by atoms with Gasteiger partial charge in [-0.2, -0.15) is 5.26 Å². The summed E-state index contributed by atoms with van der Waals surface area (Å²) in [5.74, 6) is 0.823. The van der Waals surface area contributed by atoms with Crippen molar-refractivity contribution in [3.8, 4) is 6.07 Å². The van der Waals surface area contributed by atoms with E-state index in [4.69, 9.17) is 9.97 Å². The van der Waals surface area contributed by atoms with Gasteiger partial charge in [0.25, 0.3) is 0 Å². The highest BCUT2D eigenvalue weighted by atomic mass is 15.2. The van der Waals surface area contributed by atoms with Gasteiger partial charge in [0.2, 0.25) is 0 Å². The van der Waals surface area contributed by atoms with Gasteiger partial charge < -0.3 is 4.90 Å². The van der Waals surface area contributed by atoms with E-state index in [1.54, 1.807) is 0 Å². The summed E-state index contributed by atoms with van der Waals surface area (Å²) in [6.07, 6.45) is 1.83. The average Bonchev–Trinajstić information content (AvgIpc) is 3.22. The number of benzene rings is 8. The van der Waals surface area contributed by atoms with E-state index in [-0.39, 0.29) is 0 Å². The Labute approximate surface area is 300 Å². The molecule has 0 spiro atoms. The van der Waals surface area contributed by atoms with E-state index in [0.29, 0.717) is 5.56 Å². The minimum atomic E-state index is 0.632. The van der Waals surface area contributed by atoms with E-state index in [9.17, 15) is 5.26 Å². The van der Waals surface area contributed by atoms with Crippen LogP contribution in [0.4, 0.5) is 34.3 Å². The van der Waals surface area contributed by atoms with Crippen LogP contribution in [-0.4, -0.2) is 9.97 Å². The molecule has 0 saturated heterocycles. The van der Waals surface area contributed by atoms with E-state index in [2.05, 4.69) is 143 Å². The van der Waals surface area contributed by atoms with Gasteiger partial charge in [-0.1, -0.05) is 91.0 Å². The van der Waals surface area contributed by atoms with Crippen molar-refractivity contribution in [1.29, 1.82) is 5.26 Å². The Morgan fingerprint density at radius 1 is 0.423 bits per heavy atom. The van der Waals surface area contributed by atoms with Crippen LogP contribution in [0.3, 0.4) is 0 Å². The fourth-order valence-corrected chi connectivity index (χ4v) is 7.66. The van der Waals surface area contributed by atoms with Gasteiger partial charge in [-0.3, -0.25) is 9.88 Å². The number of hydrogen-bond donors (Lipinski definition) is 0. The molecule has 0 radical (unpaired) electrons. The number of hydrogen-bond acceptors (Lipinski definition) is 5. The van der Waals surface area contributed by atoms with Gasteiger partial charge in [0.05, 0.1) is 34.0 Å². The van der Waals surface area contributed by atoms with Crippen LogP contribution >= 0.6 is 0 Å². The normalized spacial score (nSPS) is 11.4. The van der Waals surface area contributed by atoms with Crippen molar-refractivity contribution in [2.45, 2.75) is 0 Å². The molecule has 8 aromatic carbocycles. The molecule has 2 aromatic heterocycles. The molecule has 0 saturated carbocycles. The van der Waals surface area contributed by atoms with Gasteiger partial charge in [-0.15, -0.1) is 0 Å². The average molecular weight is 664 g/mol. The molecular weight excluding hydrogens is 635 g/mol. The fourth-order valence-electron chi connectivity index (χ4n) is 7.66. The Morgan fingerprint density at radius 3 is 1.58 bits per heavy atom. The molecule has 242 valence electrons. The third kappa shape index (κ3) is 4.70. The summed E-state index contributed by atoms with van der Waals surface area (Å²) < 4.78 is 0. The van der Waals surface area contributed by atoms with Crippen LogP contribution in [0.15, 0.2) is 176 Å². The SMILES string of the molecule is N#Cc1ccc(N(c2ccccc2)c2ccc3ccc4c(N(c5ccccc5)c5ccc6ccc7cccnc7c6n5)ccc5ccc2c3c54)cc1. The molecule has 0 fully saturated rings. The topological polar surface area (TPSA) is 56.1 Å². The van der Waals surface area contributed by atoms with Crippen molar-refractivity contribution in [2.75, 3.05) is 9.80 Å². The highest BCUT2D eigenvalue weighted by molar-refractivity contribution is 6.28. The lowest BCUT2D eigenvalue weighted by atomic mass is 9.92. The third-order valence-corrected chi connectivity index (χ3v) is 10.0. The summed E-state index contributed by atoms with van der Waals surface area (Å²) in [6, 6.07) is 61.3. The summed E-state index contributed by atoms with van der Waals surface area (Å²) >= 11 is 0. The van der Waals surface area contributed by atoms with Crippen LogP contribution in [-0.2, 0) is 0 Å². The minimum Gasteiger partial charge on any atom is -0.310 e. The van der Waals surface area contributed by atoms with Crippen molar-refractivity contribution in [1.82, 2.24) is 9.97 Å². The van der Waals surface area contributed by atoms with Crippen molar-refractivity contribution < 1.29 is 0 Å². The summed E-state index contributed by atoms with van der Waals surface area (Å²) in [4.78, 5) is 14.6. The third-order valence-electron chi connectivity index (χ3n) is 10.0. The summed E-state index contributed by atoms with van der Waals surface area (Å²) in [6.45, 7) is 0. The van der Waals surface area contributed by atoms with Crippen molar-refractivity contribution in [3.05, 3.63) is 182 Å². The van der Waals surface area contributed by atoms with E-state index in [0.717, 1.165) is 66.8 Å². The van der Waals surface area contributed by atoms with E-state index in [1.807, 2.05) is 48.7 Å². The zero-order valence-corrected chi connectivity index (χ0v) is 28.0. The zero-order valence-electron chi connectivity index (χ0n) is 28.0. The summed E-state index contributed by atoms with van der Waals surface area (Å²) in [7, 11) is 0. The Balaban J connectivity index is 1.23. The number of pyridine rings is 2. The molecule has 0 aliphatic rings. The largest absolute Gasteiger partial charge is 0.310 e. The highest BCUT2D eigenvalue weighted by Gasteiger charge is 2.22. The molecule has 5 nitrogen and oxygen atoms in total. The highest BCUT2D eigenvalue weighted by Crippen LogP contribution is 2.47. The lowest BCUT2D eigenvalue weighted by Crippen LogP contribution is -2.12. The molecule has 0 aliphatic carbocycles. The van der Waals surface area contributed by atoms with E-state index >= 15 is 0 Å². The number of rotatable bonds is 6. The van der Waals surface area contributed by atoms with E-state index < -0.39 is 0 Å². The molecule has 10 rings (SSSR count). The van der Waals surface area contributed by atoms with Gasteiger partial charge in [0, 0.05) is 44.8 Å². The smallest absolute Gasteiger partial charge is 0.138 e. The Kier molecular flexibility index (Phi) is 6.80. The molecule has 0 N–H and O–H groups in total. The standard InChI is InChI=1S/C47H29N5/c48-30-31-13-22-38(23-14-31)51(36-9-3-1-4-10-36)41-26-19-32-18-25-40-42(27-20-33-17-24-39(41)44(32)45(33)40)52(37-11-5-2-6-12-37)43-28-21-35-16-15-34-8-7-29-49-46(34)47(35)50-43/h1-29H. The van der Waals surface area contributed by atoms with Crippen LogP contribution in [0.1, 0.15) is 5.56 Å². The first-order valence-electron chi connectivity index (χ1n) is 17.3. The molecule has 0 unspecified atom stereocenters. The molecule has 0 bridgehead atoms. The molecular formula is C47H29N5. The van der Waals surface area contributed by atoms with Gasteiger partial charge in [0.15, 0.2) is 0 Å². The van der Waals surface area contributed by atoms with Crippen molar-refractivity contribution in [2.24, 2.45) is 0 Å². The minimum absolute atomic E-state index is 0.632. The molecule has 0 amide bonds. The van der Waals surface area contributed by atoms with Crippen LogP contribution in [0.2, 0.25) is 0 Å². The molecule has 5 heteroatoms. The molecule has 10 aromatic rings. The maximum atomic E-state index is 9.52. The van der Waals surface area contributed by atoms with Crippen molar-refractivity contribution >= 4 is 88.4 Å². The predicted octanol–water partition coefficient (Wildman–Crippen LogP) is 12.5.